The Labute approximate surface area is 127 Å². The van der Waals surface area contributed by atoms with E-state index in [9.17, 15) is 0 Å². The van der Waals surface area contributed by atoms with Crippen molar-refractivity contribution < 1.29 is 0 Å². The predicted molar refractivity (Wildman–Crippen MR) is 90.3 cm³/mol. The quantitative estimate of drug-likeness (QED) is 0.629. The van der Waals surface area contributed by atoms with Gasteiger partial charge in [0.05, 0.1) is 0 Å². The molecule has 1 aliphatic heterocycles. The van der Waals surface area contributed by atoms with Crippen LogP contribution in [0.2, 0.25) is 0 Å². The second kappa shape index (κ2) is 9.04. The molecule has 0 amide bonds. The molecule has 0 saturated carbocycles. The van der Waals surface area contributed by atoms with Gasteiger partial charge in [0, 0.05) is 24.7 Å². The molecule has 1 saturated heterocycles. The summed E-state index contributed by atoms with van der Waals surface area (Å²) >= 11 is 0. The highest BCUT2D eigenvalue weighted by atomic mass is 15.3. The highest BCUT2D eigenvalue weighted by molar-refractivity contribution is 4.95. The first kappa shape index (κ1) is 18.0. The first-order chi connectivity index (χ1) is 9.53. The standard InChI is InChI=1S/C18H38N2/c1-6-8-9-10-11-12-13-20-14-17(16(3)4)19-15-18(20,5)7-2/h16-17,19H,6-15H2,1-5H3. The molecule has 1 fully saturated rings. The van der Waals surface area contributed by atoms with Crippen molar-refractivity contribution in [3.63, 3.8) is 0 Å². The van der Waals surface area contributed by atoms with Gasteiger partial charge in [0.1, 0.15) is 0 Å². The van der Waals surface area contributed by atoms with Gasteiger partial charge in [-0.15, -0.1) is 0 Å². The van der Waals surface area contributed by atoms with Gasteiger partial charge in [-0.05, 0) is 32.2 Å². The average Bonchev–Trinajstić information content (AvgIpc) is 2.44. The Kier molecular flexibility index (Phi) is 8.13. The van der Waals surface area contributed by atoms with Crippen LogP contribution < -0.4 is 5.32 Å². The molecule has 0 spiro atoms. The Morgan fingerprint density at radius 1 is 1.10 bits per heavy atom. The molecule has 0 aromatic carbocycles. The largest absolute Gasteiger partial charge is 0.311 e. The summed E-state index contributed by atoms with van der Waals surface area (Å²) in [5.74, 6) is 0.739. The molecule has 1 aliphatic rings. The highest BCUT2D eigenvalue weighted by Crippen LogP contribution is 2.25. The summed E-state index contributed by atoms with van der Waals surface area (Å²) in [6.07, 6.45) is 9.66. The second-order valence-electron chi connectivity index (χ2n) is 7.30. The van der Waals surface area contributed by atoms with Gasteiger partial charge in [-0.3, -0.25) is 4.90 Å². The topological polar surface area (TPSA) is 15.3 Å². The van der Waals surface area contributed by atoms with E-state index in [1.165, 1.54) is 58.0 Å². The van der Waals surface area contributed by atoms with Crippen molar-refractivity contribution in [2.45, 2.75) is 91.1 Å². The normalized spacial score (nSPS) is 28.2. The van der Waals surface area contributed by atoms with Gasteiger partial charge < -0.3 is 5.32 Å². The summed E-state index contributed by atoms with van der Waals surface area (Å²) in [6.45, 7) is 15.4. The summed E-state index contributed by atoms with van der Waals surface area (Å²) in [5.41, 5.74) is 0.370. The summed E-state index contributed by atoms with van der Waals surface area (Å²) in [4.78, 5) is 2.77. The molecule has 0 aromatic heterocycles. The van der Waals surface area contributed by atoms with Crippen molar-refractivity contribution in [2.75, 3.05) is 19.6 Å². The summed E-state index contributed by atoms with van der Waals surface area (Å²) in [7, 11) is 0. The van der Waals surface area contributed by atoms with Crippen LogP contribution in [-0.4, -0.2) is 36.1 Å². The van der Waals surface area contributed by atoms with Crippen LogP contribution in [0.15, 0.2) is 0 Å². The lowest BCUT2D eigenvalue weighted by atomic mass is 9.89. The SMILES string of the molecule is CCCCCCCCN1CC(C(C)C)NCC1(C)CC. The van der Waals surface area contributed by atoms with Gasteiger partial charge >= 0.3 is 0 Å². The van der Waals surface area contributed by atoms with E-state index in [0.717, 1.165) is 12.5 Å². The van der Waals surface area contributed by atoms with E-state index < -0.39 is 0 Å². The van der Waals surface area contributed by atoms with E-state index in [-0.39, 0.29) is 0 Å². The van der Waals surface area contributed by atoms with Gasteiger partial charge in [0.25, 0.3) is 0 Å². The van der Waals surface area contributed by atoms with E-state index in [4.69, 9.17) is 0 Å². The molecule has 2 atom stereocenters. The fraction of sp³-hybridized carbons (Fsp3) is 1.00. The Morgan fingerprint density at radius 3 is 2.35 bits per heavy atom. The first-order valence-electron chi connectivity index (χ1n) is 9.02. The fourth-order valence-corrected chi connectivity index (χ4v) is 3.22. The maximum absolute atomic E-state index is 3.77. The Bertz CT molecular complexity index is 252. The molecule has 0 aromatic rings. The zero-order valence-electron chi connectivity index (χ0n) is 14.7. The lowest BCUT2D eigenvalue weighted by Crippen LogP contribution is -2.64. The summed E-state index contributed by atoms with van der Waals surface area (Å²) < 4.78 is 0. The van der Waals surface area contributed by atoms with Crippen LogP contribution in [0.4, 0.5) is 0 Å². The third-order valence-electron chi connectivity index (χ3n) is 5.27. The Hall–Kier alpha value is -0.0800. The van der Waals surface area contributed by atoms with E-state index in [1.54, 1.807) is 0 Å². The zero-order chi connectivity index (χ0) is 15.0. The number of rotatable bonds is 9. The molecule has 0 bridgehead atoms. The number of piperazine rings is 1. The summed E-state index contributed by atoms with van der Waals surface area (Å²) in [5, 5.41) is 3.77. The molecule has 2 heteroatoms. The number of hydrogen-bond donors (Lipinski definition) is 1. The molecule has 20 heavy (non-hydrogen) atoms. The third kappa shape index (κ3) is 5.37. The van der Waals surface area contributed by atoms with Gasteiger partial charge in [-0.2, -0.15) is 0 Å². The zero-order valence-corrected chi connectivity index (χ0v) is 14.7. The van der Waals surface area contributed by atoms with Crippen molar-refractivity contribution in [1.29, 1.82) is 0 Å². The maximum atomic E-state index is 3.77. The molecule has 120 valence electrons. The van der Waals surface area contributed by atoms with Gasteiger partial charge in [0.15, 0.2) is 0 Å². The highest BCUT2D eigenvalue weighted by Gasteiger charge is 2.36. The molecule has 1 rings (SSSR count). The Morgan fingerprint density at radius 2 is 1.75 bits per heavy atom. The van der Waals surface area contributed by atoms with Crippen molar-refractivity contribution in [3.05, 3.63) is 0 Å². The predicted octanol–water partition coefficient (Wildman–Crippen LogP) is 4.45. The molecule has 2 unspecified atom stereocenters. The Balaban J connectivity index is 2.37. The van der Waals surface area contributed by atoms with Crippen LogP contribution in [0.3, 0.4) is 0 Å². The molecule has 0 radical (unpaired) electrons. The van der Waals surface area contributed by atoms with Crippen molar-refractivity contribution >= 4 is 0 Å². The van der Waals surface area contributed by atoms with E-state index in [0.29, 0.717) is 11.6 Å². The minimum absolute atomic E-state index is 0.370. The van der Waals surface area contributed by atoms with Crippen molar-refractivity contribution in [1.82, 2.24) is 10.2 Å². The molecule has 2 nitrogen and oxygen atoms in total. The summed E-state index contributed by atoms with van der Waals surface area (Å²) in [6, 6.07) is 0.676. The first-order valence-corrected chi connectivity index (χ1v) is 9.02. The molecular formula is C18H38N2. The lowest BCUT2D eigenvalue weighted by Gasteiger charge is -2.49. The molecule has 0 aliphatic carbocycles. The second-order valence-corrected chi connectivity index (χ2v) is 7.30. The third-order valence-corrected chi connectivity index (χ3v) is 5.27. The van der Waals surface area contributed by atoms with E-state index in [1.807, 2.05) is 0 Å². The van der Waals surface area contributed by atoms with Crippen LogP contribution >= 0.6 is 0 Å². The van der Waals surface area contributed by atoms with Crippen molar-refractivity contribution in [2.24, 2.45) is 5.92 Å². The number of unbranched alkanes of at least 4 members (excludes halogenated alkanes) is 5. The van der Waals surface area contributed by atoms with Crippen LogP contribution in [0.5, 0.6) is 0 Å². The number of hydrogen-bond acceptors (Lipinski definition) is 2. The molecule has 1 heterocycles. The molecule has 1 N–H and O–H groups in total. The maximum Gasteiger partial charge on any atom is 0.0303 e. The monoisotopic (exact) mass is 282 g/mol. The van der Waals surface area contributed by atoms with Crippen LogP contribution in [0, 0.1) is 5.92 Å². The molecular weight excluding hydrogens is 244 g/mol. The van der Waals surface area contributed by atoms with E-state index >= 15 is 0 Å². The van der Waals surface area contributed by atoms with Crippen molar-refractivity contribution in [3.8, 4) is 0 Å². The fourth-order valence-electron chi connectivity index (χ4n) is 3.22. The van der Waals surface area contributed by atoms with Gasteiger partial charge in [-0.25, -0.2) is 0 Å². The minimum atomic E-state index is 0.370. The van der Waals surface area contributed by atoms with Gasteiger partial charge in [-0.1, -0.05) is 59.8 Å². The average molecular weight is 283 g/mol. The van der Waals surface area contributed by atoms with E-state index in [2.05, 4.69) is 44.8 Å². The van der Waals surface area contributed by atoms with Crippen LogP contribution in [-0.2, 0) is 0 Å². The lowest BCUT2D eigenvalue weighted by molar-refractivity contribution is 0.0372. The number of nitrogens with one attached hydrogen (secondary N) is 1. The minimum Gasteiger partial charge on any atom is -0.311 e. The van der Waals surface area contributed by atoms with Gasteiger partial charge in [0.2, 0.25) is 0 Å². The van der Waals surface area contributed by atoms with Crippen LogP contribution in [0.1, 0.15) is 79.6 Å². The number of nitrogens with zero attached hydrogens (tertiary/aromatic N) is 1. The van der Waals surface area contributed by atoms with Crippen LogP contribution in [0.25, 0.3) is 0 Å². The smallest absolute Gasteiger partial charge is 0.0303 e.